The molecule has 31 heavy (non-hydrogen) atoms. The van der Waals surface area contributed by atoms with Gasteiger partial charge in [-0.2, -0.15) is 0 Å². The van der Waals surface area contributed by atoms with Crippen molar-refractivity contribution in [2.24, 2.45) is 0 Å². The Bertz CT molecular complexity index is 1040. The highest BCUT2D eigenvalue weighted by molar-refractivity contribution is 7.21. The van der Waals surface area contributed by atoms with E-state index in [0.29, 0.717) is 37.7 Å². The van der Waals surface area contributed by atoms with Crippen LogP contribution in [0.4, 0.5) is 0 Å². The molecule has 1 saturated heterocycles. The first-order chi connectivity index (χ1) is 15.2. The summed E-state index contributed by atoms with van der Waals surface area (Å²) >= 11 is 1.53. The van der Waals surface area contributed by atoms with Gasteiger partial charge in [-0.25, -0.2) is 0 Å². The number of morpholine rings is 1. The minimum atomic E-state index is -0.0930. The summed E-state index contributed by atoms with van der Waals surface area (Å²) in [5, 5.41) is 4.17. The minimum absolute atomic E-state index is 0.0506. The van der Waals surface area contributed by atoms with Gasteiger partial charge in [-0.15, -0.1) is 11.3 Å². The van der Waals surface area contributed by atoms with Gasteiger partial charge < -0.3 is 24.4 Å². The number of para-hydroxylation sites is 2. The summed E-state index contributed by atoms with van der Waals surface area (Å²) in [6.45, 7) is 3.40. The summed E-state index contributed by atoms with van der Waals surface area (Å²) in [5.41, 5.74) is 1.01. The number of ether oxygens (including phenoxy) is 3. The number of carbonyl (C=O) groups is 1. The van der Waals surface area contributed by atoms with Crippen LogP contribution < -0.4 is 14.8 Å². The van der Waals surface area contributed by atoms with E-state index in [-0.39, 0.29) is 12.0 Å². The number of thiophene rings is 1. The molecule has 0 radical (unpaired) electrons. The Labute approximate surface area is 186 Å². The number of carbonyl (C=O) groups excluding carboxylic acids is 1. The molecule has 1 aliphatic heterocycles. The number of benzene rings is 2. The van der Waals surface area contributed by atoms with Crippen LogP contribution in [-0.2, 0) is 4.74 Å². The van der Waals surface area contributed by atoms with Gasteiger partial charge >= 0.3 is 0 Å². The second kappa shape index (κ2) is 10.1. The van der Waals surface area contributed by atoms with Crippen LogP contribution >= 0.6 is 11.3 Å². The molecule has 3 aromatic rings. The van der Waals surface area contributed by atoms with Crippen molar-refractivity contribution in [3.05, 3.63) is 59.0 Å². The molecule has 164 valence electrons. The molecule has 1 aliphatic rings. The average Bonchev–Trinajstić information content (AvgIpc) is 3.19. The zero-order chi connectivity index (χ0) is 21.6. The highest BCUT2D eigenvalue weighted by Gasteiger charge is 2.28. The van der Waals surface area contributed by atoms with Crippen LogP contribution in [0.3, 0.4) is 0 Å². The SMILES string of the molecule is COc1ccccc1OCCCNC(=O)c1sc2ccccc2c1[C@@H]1CN(C)CCO1. The second-order valence-corrected chi connectivity index (χ2v) is 8.62. The van der Waals surface area contributed by atoms with Crippen molar-refractivity contribution < 1.29 is 19.0 Å². The van der Waals surface area contributed by atoms with E-state index in [4.69, 9.17) is 14.2 Å². The number of fused-ring (bicyclic) bond motifs is 1. The zero-order valence-corrected chi connectivity index (χ0v) is 18.7. The normalized spacial score (nSPS) is 16.9. The fourth-order valence-corrected chi connectivity index (χ4v) is 4.95. The Morgan fingerprint density at radius 2 is 1.97 bits per heavy atom. The Balaban J connectivity index is 1.40. The lowest BCUT2D eigenvalue weighted by molar-refractivity contribution is -0.0202. The first-order valence-corrected chi connectivity index (χ1v) is 11.3. The third-order valence-electron chi connectivity index (χ3n) is 5.36. The lowest BCUT2D eigenvalue weighted by atomic mass is 10.0. The summed E-state index contributed by atoms with van der Waals surface area (Å²) < 4.78 is 18.3. The Morgan fingerprint density at radius 1 is 1.19 bits per heavy atom. The van der Waals surface area contributed by atoms with Crippen LogP contribution in [0.5, 0.6) is 11.5 Å². The molecule has 0 spiro atoms. The van der Waals surface area contributed by atoms with Crippen molar-refractivity contribution in [1.29, 1.82) is 0 Å². The summed E-state index contributed by atoms with van der Waals surface area (Å²) in [6, 6.07) is 15.7. The van der Waals surface area contributed by atoms with E-state index in [2.05, 4.69) is 29.4 Å². The number of nitrogens with zero attached hydrogens (tertiary/aromatic N) is 1. The number of nitrogens with one attached hydrogen (secondary N) is 1. The molecule has 1 fully saturated rings. The molecule has 0 unspecified atom stereocenters. The van der Waals surface area contributed by atoms with E-state index >= 15 is 0 Å². The van der Waals surface area contributed by atoms with Crippen molar-refractivity contribution in [2.45, 2.75) is 12.5 Å². The largest absolute Gasteiger partial charge is 0.493 e. The van der Waals surface area contributed by atoms with Gasteiger partial charge in [0.25, 0.3) is 5.91 Å². The second-order valence-electron chi connectivity index (χ2n) is 7.57. The molecule has 0 aliphatic carbocycles. The maximum Gasteiger partial charge on any atom is 0.261 e. The van der Waals surface area contributed by atoms with Gasteiger partial charge in [0.05, 0.1) is 31.3 Å². The van der Waals surface area contributed by atoms with E-state index in [1.54, 1.807) is 7.11 Å². The van der Waals surface area contributed by atoms with Gasteiger partial charge in [-0.3, -0.25) is 4.79 Å². The van der Waals surface area contributed by atoms with Crippen molar-refractivity contribution in [2.75, 3.05) is 47.0 Å². The molecule has 2 heterocycles. The molecule has 4 rings (SSSR count). The Morgan fingerprint density at radius 3 is 2.77 bits per heavy atom. The molecule has 1 atom stereocenters. The van der Waals surface area contributed by atoms with E-state index in [9.17, 15) is 4.79 Å². The third kappa shape index (κ3) is 5.01. The van der Waals surface area contributed by atoms with Gasteiger partial charge in [-0.05, 0) is 37.1 Å². The van der Waals surface area contributed by atoms with Crippen LogP contribution in [0, 0.1) is 0 Å². The number of likely N-dealkylation sites (N-methyl/N-ethyl adjacent to an activating group) is 1. The van der Waals surface area contributed by atoms with E-state index in [1.165, 1.54) is 11.3 Å². The van der Waals surface area contributed by atoms with E-state index in [1.807, 2.05) is 36.4 Å². The van der Waals surface area contributed by atoms with Crippen molar-refractivity contribution in [1.82, 2.24) is 10.2 Å². The number of hydrogen-bond acceptors (Lipinski definition) is 6. The molecule has 6 nitrogen and oxygen atoms in total. The molecule has 1 N–H and O–H groups in total. The Hall–Kier alpha value is -2.61. The summed E-state index contributed by atoms with van der Waals surface area (Å²) in [4.78, 5) is 16.1. The molecule has 1 aromatic heterocycles. The van der Waals surface area contributed by atoms with Crippen LogP contribution in [0.1, 0.15) is 27.8 Å². The van der Waals surface area contributed by atoms with Crippen LogP contribution in [-0.4, -0.2) is 57.8 Å². The Kier molecular flexibility index (Phi) is 7.06. The lowest BCUT2D eigenvalue weighted by Gasteiger charge is -2.30. The van der Waals surface area contributed by atoms with Gasteiger partial charge in [0.15, 0.2) is 11.5 Å². The molecule has 0 saturated carbocycles. The van der Waals surface area contributed by atoms with Gasteiger partial charge in [0.2, 0.25) is 0 Å². The predicted molar refractivity (Wildman–Crippen MR) is 123 cm³/mol. The van der Waals surface area contributed by atoms with Gasteiger partial charge in [-0.1, -0.05) is 30.3 Å². The molecule has 0 bridgehead atoms. The highest BCUT2D eigenvalue weighted by Crippen LogP contribution is 2.38. The fourth-order valence-electron chi connectivity index (χ4n) is 3.78. The summed E-state index contributed by atoms with van der Waals surface area (Å²) in [5.74, 6) is 1.37. The summed E-state index contributed by atoms with van der Waals surface area (Å²) in [7, 11) is 3.71. The number of amides is 1. The smallest absolute Gasteiger partial charge is 0.261 e. The fraction of sp³-hybridized carbons (Fsp3) is 0.375. The number of hydrogen-bond donors (Lipinski definition) is 1. The van der Waals surface area contributed by atoms with Gasteiger partial charge in [0.1, 0.15) is 0 Å². The highest BCUT2D eigenvalue weighted by atomic mass is 32.1. The standard InChI is InChI=1S/C24H28N2O4S/c1-26-13-15-30-20(16-26)22-17-8-3-6-11-21(17)31-23(22)24(27)25-12-7-14-29-19-10-5-4-9-18(19)28-2/h3-6,8-11,20H,7,12-16H2,1-2H3,(H,25,27)/t20-/m0/s1. The maximum absolute atomic E-state index is 13.1. The minimum Gasteiger partial charge on any atom is -0.493 e. The number of rotatable bonds is 8. The quantitative estimate of drug-likeness (QED) is 0.534. The van der Waals surface area contributed by atoms with Crippen LogP contribution in [0.2, 0.25) is 0 Å². The molecule has 7 heteroatoms. The van der Waals surface area contributed by atoms with Crippen molar-refractivity contribution in [3.8, 4) is 11.5 Å². The lowest BCUT2D eigenvalue weighted by Crippen LogP contribution is -2.36. The summed E-state index contributed by atoms with van der Waals surface area (Å²) in [6.07, 6.45) is 0.608. The van der Waals surface area contributed by atoms with Crippen molar-refractivity contribution in [3.63, 3.8) is 0 Å². The average molecular weight is 441 g/mol. The van der Waals surface area contributed by atoms with Crippen LogP contribution in [0.15, 0.2) is 48.5 Å². The first kappa shape index (κ1) is 21.6. The predicted octanol–water partition coefficient (Wildman–Crippen LogP) is 4.11. The molecular weight excluding hydrogens is 412 g/mol. The number of methoxy groups -OCH3 is 1. The zero-order valence-electron chi connectivity index (χ0n) is 17.9. The monoisotopic (exact) mass is 440 g/mol. The molecule has 2 aromatic carbocycles. The molecule has 1 amide bonds. The topological polar surface area (TPSA) is 60.0 Å². The first-order valence-electron chi connectivity index (χ1n) is 10.5. The molecular formula is C24H28N2O4S. The van der Waals surface area contributed by atoms with Crippen molar-refractivity contribution >= 4 is 27.3 Å². The maximum atomic E-state index is 13.1. The third-order valence-corrected chi connectivity index (χ3v) is 6.55. The van der Waals surface area contributed by atoms with E-state index < -0.39 is 0 Å². The van der Waals surface area contributed by atoms with E-state index in [0.717, 1.165) is 33.6 Å². The van der Waals surface area contributed by atoms with Gasteiger partial charge in [0, 0.05) is 29.9 Å². The van der Waals surface area contributed by atoms with Crippen LogP contribution in [0.25, 0.3) is 10.1 Å².